The Morgan fingerprint density at radius 3 is 2.41 bits per heavy atom. The minimum absolute atomic E-state index is 0.165. The largest absolute Gasteiger partial charge is 0.489 e. The summed E-state index contributed by atoms with van der Waals surface area (Å²) in [6, 6.07) is 23.2. The number of rotatable bonds is 7. The second kappa shape index (κ2) is 8.83. The lowest BCUT2D eigenvalue weighted by Crippen LogP contribution is -2.18. The molecule has 0 saturated carbocycles. The number of nitrogens with zero attached hydrogens (tertiary/aromatic N) is 1. The van der Waals surface area contributed by atoms with Crippen molar-refractivity contribution in [2.24, 2.45) is 5.10 Å². The van der Waals surface area contributed by atoms with Crippen LogP contribution in [0.3, 0.4) is 0 Å². The normalized spacial score (nSPS) is 11.4. The highest BCUT2D eigenvalue weighted by Gasteiger charge is 2.10. The average molecular weight is 445 g/mol. The van der Waals surface area contributed by atoms with Gasteiger partial charge in [-0.2, -0.15) is 13.5 Å². The summed E-state index contributed by atoms with van der Waals surface area (Å²) in [7, 11) is -3.66. The highest BCUT2D eigenvalue weighted by molar-refractivity contribution is 9.10. The predicted octanol–water partition coefficient (Wildman–Crippen LogP) is 4.34. The molecule has 0 radical (unpaired) electrons. The first-order valence-electron chi connectivity index (χ1n) is 8.10. The van der Waals surface area contributed by atoms with Gasteiger partial charge >= 0.3 is 0 Å². The summed E-state index contributed by atoms with van der Waals surface area (Å²) in [5, 5.41) is 3.81. The molecule has 0 fully saturated rings. The molecule has 0 bridgehead atoms. The van der Waals surface area contributed by atoms with Crippen LogP contribution in [0.2, 0.25) is 0 Å². The van der Waals surface area contributed by atoms with Crippen LogP contribution in [0.1, 0.15) is 11.1 Å². The van der Waals surface area contributed by atoms with Gasteiger partial charge in [0.2, 0.25) is 0 Å². The van der Waals surface area contributed by atoms with Gasteiger partial charge in [-0.3, -0.25) is 0 Å². The van der Waals surface area contributed by atoms with E-state index in [1.165, 1.54) is 18.3 Å². The molecule has 0 saturated heterocycles. The molecule has 3 rings (SSSR count). The van der Waals surface area contributed by atoms with Gasteiger partial charge in [0, 0.05) is 4.47 Å². The fourth-order valence-electron chi connectivity index (χ4n) is 2.27. The molecule has 3 aromatic rings. The van der Waals surface area contributed by atoms with Crippen molar-refractivity contribution in [2.75, 3.05) is 0 Å². The number of hydrogen-bond donors (Lipinski definition) is 1. The van der Waals surface area contributed by atoms with Crippen LogP contribution in [-0.2, 0) is 16.6 Å². The third-order valence-electron chi connectivity index (χ3n) is 3.61. The molecule has 0 aliphatic heterocycles. The van der Waals surface area contributed by atoms with Crippen LogP contribution in [-0.4, -0.2) is 14.6 Å². The lowest BCUT2D eigenvalue weighted by Gasteiger charge is -2.07. The summed E-state index contributed by atoms with van der Waals surface area (Å²) in [6.45, 7) is 0.462. The second-order valence-corrected chi connectivity index (χ2v) is 8.23. The second-order valence-electron chi connectivity index (χ2n) is 5.65. The van der Waals surface area contributed by atoms with Crippen molar-refractivity contribution in [1.82, 2.24) is 4.83 Å². The van der Waals surface area contributed by atoms with Gasteiger partial charge in [-0.1, -0.05) is 46.3 Å². The van der Waals surface area contributed by atoms with Gasteiger partial charge < -0.3 is 4.74 Å². The van der Waals surface area contributed by atoms with Gasteiger partial charge in [-0.15, -0.1) is 0 Å². The van der Waals surface area contributed by atoms with Crippen molar-refractivity contribution in [3.8, 4) is 5.75 Å². The van der Waals surface area contributed by atoms with Gasteiger partial charge in [-0.25, -0.2) is 4.83 Å². The van der Waals surface area contributed by atoms with E-state index in [2.05, 4.69) is 25.9 Å². The topological polar surface area (TPSA) is 67.8 Å². The van der Waals surface area contributed by atoms with E-state index in [0.717, 1.165) is 21.3 Å². The summed E-state index contributed by atoms with van der Waals surface area (Å²) in [5.74, 6) is 0.719. The monoisotopic (exact) mass is 444 g/mol. The summed E-state index contributed by atoms with van der Waals surface area (Å²) >= 11 is 3.43. The number of ether oxygens (including phenoxy) is 1. The van der Waals surface area contributed by atoms with Crippen LogP contribution in [0, 0.1) is 0 Å². The highest BCUT2D eigenvalue weighted by Crippen LogP contribution is 2.16. The van der Waals surface area contributed by atoms with E-state index in [-0.39, 0.29) is 4.90 Å². The molecule has 3 aromatic carbocycles. The lowest BCUT2D eigenvalue weighted by molar-refractivity contribution is 0.306. The maximum absolute atomic E-state index is 12.1. The van der Waals surface area contributed by atoms with Gasteiger partial charge in [-0.05, 0) is 59.7 Å². The molecule has 0 aliphatic carbocycles. The Morgan fingerprint density at radius 2 is 1.70 bits per heavy atom. The zero-order valence-electron chi connectivity index (χ0n) is 14.2. The Bertz CT molecular complexity index is 1020. The molecule has 27 heavy (non-hydrogen) atoms. The first kappa shape index (κ1) is 19.1. The first-order valence-corrected chi connectivity index (χ1v) is 10.4. The number of hydrazone groups is 1. The molecule has 1 N–H and O–H groups in total. The van der Waals surface area contributed by atoms with Gasteiger partial charge in [0.05, 0.1) is 11.1 Å². The van der Waals surface area contributed by atoms with Crippen LogP contribution in [0.25, 0.3) is 0 Å². The summed E-state index contributed by atoms with van der Waals surface area (Å²) in [5.41, 5.74) is 1.81. The highest BCUT2D eigenvalue weighted by atomic mass is 79.9. The quantitative estimate of drug-likeness (QED) is 0.435. The molecule has 138 valence electrons. The molecule has 5 nitrogen and oxygen atoms in total. The molecule has 0 spiro atoms. The van der Waals surface area contributed by atoms with Crippen LogP contribution < -0.4 is 9.57 Å². The number of hydrogen-bond acceptors (Lipinski definition) is 4. The minimum atomic E-state index is -3.66. The molecule has 0 aromatic heterocycles. The molecular weight excluding hydrogens is 428 g/mol. The number of nitrogens with one attached hydrogen (secondary N) is 1. The van der Waals surface area contributed by atoms with Crippen molar-refractivity contribution in [3.05, 3.63) is 94.5 Å². The lowest BCUT2D eigenvalue weighted by atomic mass is 10.2. The average Bonchev–Trinajstić information content (AvgIpc) is 2.68. The number of halogens is 1. The number of sulfonamides is 1. The van der Waals surface area contributed by atoms with Crippen molar-refractivity contribution < 1.29 is 13.2 Å². The standard InChI is InChI=1S/C20H17BrN2O3S/c21-18-6-4-5-17(13-18)15-26-19-11-9-16(10-12-19)14-22-23-27(24,25)20-7-2-1-3-8-20/h1-14,23H,15H2. The van der Waals surface area contributed by atoms with E-state index >= 15 is 0 Å². The van der Waals surface area contributed by atoms with Crippen LogP contribution in [0.15, 0.2) is 93.3 Å². The maximum atomic E-state index is 12.1. The summed E-state index contributed by atoms with van der Waals surface area (Å²) in [4.78, 5) is 2.36. The van der Waals surface area contributed by atoms with Crippen LogP contribution >= 0.6 is 15.9 Å². The van der Waals surface area contributed by atoms with Gasteiger partial charge in [0.1, 0.15) is 12.4 Å². The minimum Gasteiger partial charge on any atom is -0.489 e. The molecular formula is C20H17BrN2O3S. The summed E-state index contributed by atoms with van der Waals surface area (Å²) in [6.07, 6.45) is 1.44. The fourth-order valence-corrected chi connectivity index (χ4v) is 3.53. The Morgan fingerprint density at radius 1 is 0.963 bits per heavy atom. The Labute approximate surface area is 166 Å². The van der Waals surface area contributed by atoms with Crippen LogP contribution in [0.5, 0.6) is 5.75 Å². The van der Waals surface area contributed by atoms with Crippen LogP contribution in [0.4, 0.5) is 0 Å². The molecule has 0 unspecified atom stereocenters. The predicted molar refractivity (Wildman–Crippen MR) is 109 cm³/mol. The smallest absolute Gasteiger partial charge is 0.276 e. The molecule has 0 aliphatic rings. The van der Waals surface area contributed by atoms with E-state index in [4.69, 9.17) is 4.74 Å². The Kier molecular flexibility index (Phi) is 6.26. The third kappa shape index (κ3) is 5.67. The maximum Gasteiger partial charge on any atom is 0.276 e. The zero-order valence-corrected chi connectivity index (χ0v) is 16.7. The summed E-state index contributed by atoms with van der Waals surface area (Å²) < 4.78 is 30.9. The fraction of sp³-hybridized carbons (Fsp3) is 0.0500. The third-order valence-corrected chi connectivity index (χ3v) is 5.35. The van der Waals surface area contributed by atoms with Crippen molar-refractivity contribution in [2.45, 2.75) is 11.5 Å². The van der Waals surface area contributed by atoms with Gasteiger partial charge in [0.25, 0.3) is 10.0 Å². The molecule has 7 heteroatoms. The molecule has 0 amide bonds. The molecule has 0 atom stereocenters. The van der Waals surface area contributed by atoms with Crippen molar-refractivity contribution in [3.63, 3.8) is 0 Å². The van der Waals surface area contributed by atoms with Gasteiger partial charge in [0.15, 0.2) is 0 Å². The Balaban J connectivity index is 1.56. The van der Waals surface area contributed by atoms with Crippen molar-refractivity contribution >= 4 is 32.2 Å². The van der Waals surface area contributed by atoms with Crippen molar-refractivity contribution in [1.29, 1.82) is 0 Å². The van der Waals surface area contributed by atoms with E-state index in [0.29, 0.717) is 6.61 Å². The number of benzene rings is 3. The van der Waals surface area contributed by atoms with E-state index in [9.17, 15) is 8.42 Å². The zero-order chi connectivity index (χ0) is 19.1. The van der Waals surface area contributed by atoms with E-state index in [1.807, 2.05) is 36.4 Å². The SMILES string of the molecule is O=S(=O)(NN=Cc1ccc(OCc2cccc(Br)c2)cc1)c1ccccc1. The Hall–Kier alpha value is -2.64. The van der Waals surface area contributed by atoms with E-state index < -0.39 is 10.0 Å². The first-order chi connectivity index (χ1) is 13.0. The molecule has 0 heterocycles. The van der Waals surface area contributed by atoms with E-state index in [1.54, 1.807) is 30.3 Å².